The van der Waals surface area contributed by atoms with E-state index in [2.05, 4.69) is 9.71 Å². The first-order chi connectivity index (χ1) is 7.47. The number of nitrogens with two attached hydrogens (primary N) is 1. The maximum Gasteiger partial charge on any atom is 0.215 e. The van der Waals surface area contributed by atoms with E-state index in [0.717, 1.165) is 5.01 Å². The van der Waals surface area contributed by atoms with Crippen LogP contribution in [0.5, 0.6) is 0 Å². The number of hydrogen-bond acceptors (Lipinski definition) is 5. The van der Waals surface area contributed by atoms with Gasteiger partial charge in [-0.05, 0) is 6.92 Å². The van der Waals surface area contributed by atoms with Crippen molar-refractivity contribution in [1.82, 2.24) is 9.71 Å². The van der Waals surface area contributed by atoms with Gasteiger partial charge in [0, 0.05) is 30.6 Å². The van der Waals surface area contributed by atoms with Gasteiger partial charge in [-0.1, -0.05) is 6.92 Å². The van der Waals surface area contributed by atoms with Gasteiger partial charge in [-0.25, -0.2) is 18.1 Å². The highest BCUT2D eigenvalue weighted by Gasteiger charge is 2.20. The fourth-order valence-electron chi connectivity index (χ4n) is 1.08. The third-order valence-corrected chi connectivity index (χ3v) is 5.15. The summed E-state index contributed by atoms with van der Waals surface area (Å²) in [5, 5.41) is 2.25. The summed E-state index contributed by atoms with van der Waals surface area (Å²) in [5.74, 6) is 0.0831. The van der Waals surface area contributed by atoms with Gasteiger partial charge in [0.1, 0.15) is 0 Å². The standard InChI is InChI=1S/C9H17N3O2S2/c1-7(9-11-3-4-15-9)6-12-16(13,14)8(2)5-10/h3-4,7-8,12H,5-6,10H2,1-2H3. The quantitative estimate of drug-likeness (QED) is 0.783. The summed E-state index contributed by atoms with van der Waals surface area (Å²) in [4.78, 5) is 4.14. The van der Waals surface area contributed by atoms with Gasteiger partial charge in [0.2, 0.25) is 10.0 Å². The van der Waals surface area contributed by atoms with Crippen LogP contribution in [0.4, 0.5) is 0 Å². The molecule has 0 saturated heterocycles. The minimum absolute atomic E-state index is 0.0831. The van der Waals surface area contributed by atoms with Crippen molar-refractivity contribution in [2.45, 2.75) is 25.0 Å². The Bertz CT molecular complexity index is 402. The lowest BCUT2D eigenvalue weighted by molar-refractivity contribution is 0.562. The number of nitrogens with zero attached hydrogens (tertiary/aromatic N) is 1. The van der Waals surface area contributed by atoms with Crippen molar-refractivity contribution in [3.63, 3.8) is 0 Å². The molecule has 3 N–H and O–H groups in total. The zero-order valence-electron chi connectivity index (χ0n) is 9.38. The second kappa shape index (κ2) is 5.72. The SMILES string of the molecule is CC(CNS(=O)(=O)C(C)CN)c1nccs1. The van der Waals surface area contributed by atoms with Crippen LogP contribution < -0.4 is 10.5 Å². The molecule has 0 spiro atoms. The van der Waals surface area contributed by atoms with E-state index in [1.165, 1.54) is 11.3 Å². The van der Waals surface area contributed by atoms with Crippen LogP contribution in [0.15, 0.2) is 11.6 Å². The summed E-state index contributed by atoms with van der Waals surface area (Å²) in [6, 6.07) is 0. The van der Waals surface area contributed by atoms with E-state index in [9.17, 15) is 8.42 Å². The Labute approximate surface area is 100 Å². The molecule has 0 aromatic carbocycles. The zero-order valence-corrected chi connectivity index (χ0v) is 11.0. The van der Waals surface area contributed by atoms with Crippen LogP contribution in [0, 0.1) is 0 Å². The number of rotatable bonds is 6. The molecule has 0 bridgehead atoms. The first-order valence-corrected chi connectivity index (χ1v) is 7.48. The molecule has 1 heterocycles. The summed E-state index contributed by atoms with van der Waals surface area (Å²) in [6.45, 7) is 4.02. The number of thiazole rings is 1. The Morgan fingerprint density at radius 2 is 2.25 bits per heavy atom. The van der Waals surface area contributed by atoms with Gasteiger partial charge in [-0.2, -0.15) is 0 Å². The molecule has 0 aliphatic rings. The molecule has 7 heteroatoms. The molecule has 0 saturated carbocycles. The molecule has 0 aliphatic carbocycles. The monoisotopic (exact) mass is 263 g/mol. The summed E-state index contributed by atoms with van der Waals surface area (Å²) in [7, 11) is -3.29. The number of sulfonamides is 1. The highest BCUT2D eigenvalue weighted by Crippen LogP contribution is 2.16. The number of aromatic nitrogens is 1. The van der Waals surface area contributed by atoms with E-state index in [-0.39, 0.29) is 12.5 Å². The van der Waals surface area contributed by atoms with Crippen LogP contribution >= 0.6 is 11.3 Å². The topological polar surface area (TPSA) is 85.1 Å². The normalized spacial score (nSPS) is 15.9. The van der Waals surface area contributed by atoms with Crippen LogP contribution in [0.1, 0.15) is 24.8 Å². The van der Waals surface area contributed by atoms with Crippen molar-refractivity contribution in [2.24, 2.45) is 5.73 Å². The molecule has 1 rings (SSSR count). The molecular formula is C9H17N3O2S2. The minimum Gasteiger partial charge on any atom is -0.329 e. The molecule has 5 nitrogen and oxygen atoms in total. The molecule has 92 valence electrons. The van der Waals surface area contributed by atoms with E-state index in [1.807, 2.05) is 12.3 Å². The Morgan fingerprint density at radius 1 is 1.56 bits per heavy atom. The molecule has 0 radical (unpaired) electrons. The van der Waals surface area contributed by atoms with Crippen molar-refractivity contribution >= 4 is 21.4 Å². The molecular weight excluding hydrogens is 246 g/mol. The lowest BCUT2D eigenvalue weighted by Crippen LogP contribution is -2.38. The molecule has 16 heavy (non-hydrogen) atoms. The fraction of sp³-hybridized carbons (Fsp3) is 0.667. The Morgan fingerprint density at radius 3 is 2.75 bits per heavy atom. The highest BCUT2D eigenvalue weighted by atomic mass is 32.2. The zero-order chi connectivity index (χ0) is 12.2. The average molecular weight is 263 g/mol. The van der Waals surface area contributed by atoms with Crippen molar-refractivity contribution in [3.8, 4) is 0 Å². The highest BCUT2D eigenvalue weighted by molar-refractivity contribution is 7.90. The second-order valence-corrected chi connectivity index (χ2v) is 6.82. The van der Waals surface area contributed by atoms with E-state index < -0.39 is 15.3 Å². The van der Waals surface area contributed by atoms with Crippen LogP contribution in [-0.4, -0.2) is 31.7 Å². The molecule has 0 amide bonds. The van der Waals surface area contributed by atoms with Crippen molar-refractivity contribution in [1.29, 1.82) is 0 Å². The van der Waals surface area contributed by atoms with E-state index >= 15 is 0 Å². The Balaban J connectivity index is 2.52. The number of hydrogen-bond donors (Lipinski definition) is 2. The summed E-state index contributed by atoms with van der Waals surface area (Å²) in [5.41, 5.74) is 5.33. The van der Waals surface area contributed by atoms with E-state index in [1.54, 1.807) is 13.1 Å². The minimum atomic E-state index is -3.29. The lowest BCUT2D eigenvalue weighted by Gasteiger charge is -2.14. The van der Waals surface area contributed by atoms with Gasteiger partial charge in [0.15, 0.2) is 0 Å². The first kappa shape index (κ1) is 13.6. The molecule has 1 aromatic rings. The molecule has 2 atom stereocenters. The van der Waals surface area contributed by atoms with Crippen molar-refractivity contribution < 1.29 is 8.42 Å². The maximum atomic E-state index is 11.6. The molecule has 0 fully saturated rings. The van der Waals surface area contributed by atoms with Gasteiger partial charge in [0.25, 0.3) is 0 Å². The van der Waals surface area contributed by atoms with Gasteiger partial charge >= 0.3 is 0 Å². The Kier molecular flexibility index (Phi) is 4.85. The summed E-state index contributed by atoms with van der Waals surface area (Å²) in [6.07, 6.45) is 1.72. The number of nitrogens with one attached hydrogen (secondary N) is 1. The summed E-state index contributed by atoms with van der Waals surface area (Å²) < 4.78 is 25.8. The predicted molar refractivity (Wildman–Crippen MR) is 66.0 cm³/mol. The van der Waals surface area contributed by atoms with Gasteiger partial charge in [-0.3, -0.25) is 0 Å². The second-order valence-electron chi connectivity index (χ2n) is 3.71. The van der Waals surface area contributed by atoms with Gasteiger partial charge in [0.05, 0.1) is 10.3 Å². The third kappa shape index (κ3) is 3.51. The van der Waals surface area contributed by atoms with Crippen molar-refractivity contribution in [3.05, 3.63) is 16.6 Å². The Hall–Kier alpha value is -0.500. The fourth-order valence-corrected chi connectivity index (χ4v) is 2.79. The van der Waals surface area contributed by atoms with Crippen LogP contribution in [-0.2, 0) is 10.0 Å². The molecule has 0 aliphatic heterocycles. The summed E-state index contributed by atoms with van der Waals surface area (Å²) >= 11 is 1.53. The largest absolute Gasteiger partial charge is 0.329 e. The molecule has 2 unspecified atom stereocenters. The average Bonchev–Trinajstić information content (AvgIpc) is 2.78. The smallest absolute Gasteiger partial charge is 0.215 e. The van der Waals surface area contributed by atoms with Gasteiger partial charge in [-0.15, -0.1) is 11.3 Å². The van der Waals surface area contributed by atoms with E-state index in [4.69, 9.17) is 5.73 Å². The van der Waals surface area contributed by atoms with Crippen LogP contribution in [0.3, 0.4) is 0 Å². The first-order valence-electron chi connectivity index (χ1n) is 5.05. The third-order valence-electron chi connectivity index (χ3n) is 2.33. The van der Waals surface area contributed by atoms with Crippen molar-refractivity contribution in [2.75, 3.05) is 13.1 Å². The van der Waals surface area contributed by atoms with Crippen LogP contribution in [0.2, 0.25) is 0 Å². The van der Waals surface area contributed by atoms with E-state index in [0.29, 0.717) is 6.54 Å². The molecule has 1 aromatic heterocycles. The maximum absolute atomic E-state index is 11.6. The predicted octanol–water partition coefficient (Wildman–Crippen LogP) is 0.513. The van der Waals surface area contributed by atoms with Gasteiger partial charge < -0.3 is 5.73 Å². The lowest BCUT2D eigenvalue weighted by atomic mass is 10.2. The van der Waals surface area contributed by atoms with Crippen LogP contribution in [0.25, 0.3) is 0 Å².